The summed E-state index contributed by atoms with van der Waals surface area (Å²) in [5, 5.41) is 2.10. The van der Waals surface area contributed by atoms with Crippen LogP contribution < -0.4 is 5.63 Å². The van der Waals surface area contributed by atoms with Crippen molar-refractivity contribution in [1.82, 2.24) is 0 Å². The molecule has 0 N–H and O–H groups in total. The van der Waals surface area contributed by atoms with Gasteiger partial charge in [0.1, 0.15) is 0 Å². The van der Waals surface area contributed by atoms with Gasteiger partial charge in [0, 0.05) is 10.8 Å². The molecule has 0 bridgehead atoms. The minimum absolute atomic E-state index is 0.117. The van der Waals surface area contributed by atoms with E-state index in [9.17, 15) is 4.79 Å². The van der Waals surface area contributed by atoms with Crippen molar-refractivity contribution in [1.29, 1.82) is 0 Å². The van der Waals surface area contributed by atoms with Crippen LogP contribution in [0.25, 0.3) is 21.7 Å². The molecule has 0 spiro atoms. The first-order valence-corrected chi connectivity index (χ1v) is 15.3. The van der Waals surface area contributed by atoms with Gasteiger partial charge in [0.25, 0.3) is 0 Å². The van der Waals surface area contributed by atoms with Crippen LogP contribution in [0.5, 0.6) is 0 Å². The Morgan fingerprint density at radius 2 is 1.41 bits per heavy atom. The first-order chi connectivity index (χ1) is 18.1. The molecule has 3 aromatic rings. The fraction of sp³-hybridized carbons (Fsp3) is 0.618. The lowest BCUT2D eigenvalue weighted by Crippen LogP contribution is -2.14. The van der Waals surface area contributed by atoms with Crippen LogP contribution in [0.3, 0.4) is 0 Å². The summed E-state index contributed by atoms with van der Waals surface area (Å²) in [6, 6.07) is 10.0. The third-order valence-corrected chi connectivity index (χ3v) is 8.76. The van der Waals surface area contributed by atoms with Crippen LogP contribution in [0.1, 0.15) is 134 Å². The zero-order valence-corrected chi connectivity index (χ0v) is 23.3. The highest BCUT2D eigenvalue weighted by Crippen LogP contribution is 2.39. The second-order valence-electron chi connectivity index (χ2n) is 11.5. The zero-order chi connectivity index (χ0) is 26.0. The largest absolute Gasteiger partial charge is 0.419 e. The molecule has 3 heteroatoms. The molecule has 202 valence electrons. The quantitative estimate of drug-likeness (QED) is 0.124. The number of benzene rings is 2. The predicted molar refractivity (Wildman–Crippen MR) is 155 cm³/mol. The molecular weight excluding hydrogens is 459 g/mol. The van der Waals surface area contributed by atoms with Gasteiger partial charge in [-0.15, -0.1) is 0 Å². The van der Waals surface area contributed by atoms with E-state index in [0.717, 1.165) is 24.1 Å². The molecule has 0 aliphatic heterocycles. The van der Waals surface area contributed by atoms with Gasteiger partial charge in [-0.1, -0.05) is 109 Å². The Labute approximate surface area is 223 Å². The lowest BCUT2D eigenvalue weighted by molar-refractivity contribution is 0.302. The molecule has 0 amide bonds. The summed E-state index contributed by atoms with van der Waals surface area (Å²) in [5.74, 6) is 1.01. The number of unbranched alkanes of at least 4 members (excludes halogenated alkanes) is 9. The molecule has 1 aliphatic rings. The molecule has 37 heavy (non-hydrogen) atoms. The lowest BCUT2D eigenvalue weighted by Gasteiger charge is -2.29. The third kappa shape index (κ3) is 7.24. The van der Waals surface area contributed by atoms with Crippen LogP contribution >= 0.6 is 0 Å². The average Bonchev–Trinajstić information content (AvgIpc) is 2.92. The van der Waals surface area contributed by atoms with Gasteiger partial charge in [0.2, 0.25) is 0 Å². The highest BCUT2D eigenvalue weighted by Gasteiger charge is 2.23. The van der Waals surface area contributed by atoms with Crippen LogP contribution in [0, 0.1) is 11.7 Å². The van der Waals surface area contributed by atoms with Crippen molar-refractivity contribution in [3.05, 3.63) is 57.7 Å². The van der Waals surface area contributed by atoms with Gasteiger partial charge in [0.05, 0.1) is 5.39 Å². The second kappa shape index (κ2) is 14.1. The van der Waals surface area contributed by atoms with Gasteiger partial charge in [-0.2, -0.15) is 0 Å². The summed E-state index contributed by atoms with van der Waals surface area (Å²) in [6.45, 7) is 4.47. The predicted octanol–water partition coefficient (Wildman–Crippen LogP) is 10.6. The summed E-state index contributed by atoms with van der Waals surface area (Å²) >= 11 is 0. The molecule has 1 aliphatic carbocycles. The standard InChI is InChI=1S/C34H47FO2/c1-3-5-7-9-11-12-14-25-16-18-26(19-17-25)28-21-22-29-30-23-20-27(15-13-10-8-6-4-2)32(35)33(30)37-34(36)31(29)24-28/h20-26H,3-19H2,1-2H3. The van der Waals surface area contributed by atoms with Crippen molar-refractivity contribution in [2.45, 2.75) is 129 Å². The summed E-state index contributed by atoms with van der Waals surface area (Å²) < 4.78 is 20.9. The van der Waals surface area contributed by atoms with E-state index in [0.29, 0.717) is 28.7 Å². The monoisotopic (exact) mass is 506 g/mol. The molecule has 0 atom stereocenters. The molecule has 1 aromatic heterocycles. The molecule has 1 saturated carbocycles. The Kier molecular flexibility index (Phi) is 10.6. The van der Waals surface area contributed by atoms with Crippen molar-refractivity contribution >= 4 is 21.7 Å². The van der Waals surface area contributed by atoms with E-state index in [1.165, 1.54) is 95.5 Å². The highest BCUT2D eigenvalue weighted by molar-refractivity contribution is 6.04. The minimum atomic E-state index is -0.417. The molecule has 2 aromatic carbocycles. The number of halogens is 1. The normalized spacial score (nSPS) is 18.1. The number of rotatable bonds is 14. The van der Waals surface area contributed by atoms with E-state index in [4.69, 9.17) is 4.42 Å². The molecular formula is C34H47FO2. The van der Waals surface area contributed by atoms with Gasteiger partial charge in [-0.3, -0.25) is 0 Å². The number of aryl methyl sites for hydroxylation is 1. The lowest BCUT2D eigenvalue weighted by atomic mass is 9.76. The van der Waals surface area contributed by atoms with E-state index < -0.39 is 5.63 Å². The highest BCUT2D eigenvalue weighted by atomic mass is 19.1. The van der Waals surface area contributed by atoms with E-state index in [1.54, 1.807) is 0 Å². The van der Waals surface area contributed by atoms with Crippen LogP contribution in [-0.2, 0) is 6.42 Å². The van der Waals surface area contributed by atoms with E-state index in [-0.39, 0.29) is 11.4 Å². The molecule has 1 fully saturated rings. The summed E-state index contributed by atoms with van der Waals surface area (Å²) in [7, 11) is 0. The van der Waals surface area contributed by atoms with Gasteiger partial charge in [0.15, 0.2) is 11.4 Å². The fourth-order valence-electron chi connectivity index (χ4n) is 6.39. The van der Waals surface area contributed by atoms with Crippen molar-refractivity contribution in [2.75, 3.05) is 0 Å². The van der Waals surface area contributed by atoms with Gasteiger partial charge < -0.3 is 4.42 Å². The maximum atomic E-state index is 15.3. The summed E-state index contributed by atoms with van der Waals surface area (Å²) in [6.07, 6.45) is 20.9. The number of hydrogen-bond acceptors (Lipinski definition) is 2. The molecule has 2 nitrogen and oxygen atoms in total. The van der Waals surface area contributed by atoms with Crippen molar-refractivity contribution < 1.29 is 8.81 Å². The number of fused-ring (bicyclic) bond motifs is 3. The first kappa shape index (κ1) is 27.9. The zero-order valence-electron chi connectivity index (χ0n) is 23.3. The minimum Gasteiger partial charge on any atom is -0.419 e. The average molecular weight is 507 g/mol. The second-order valence-corrected chi connectivity index (χ2v) is 11.5. The van der Waals surface area contributed by atoms with E-state index in [1.807, 2.05) is 24.3 Å². The van der Waals surface area contributed by atoms with Crippen LogP contribution in [-0.4, -0.2) is 0 Å². The Morgan fingerprint density at radius 3 is 2.14 bits per heavy atom. The van der Waals surface area contributed by atoms with Crippen molar-refractivity contribution in [3.63, 3.8) is 0 Å². The molecule has 4 rings (SSSR count). The van der Waals surface area contributed by atoms with Crippen molar-refractivity contribution in [2.24, 2.45) is 5.92 Å². The topological polar surface area (TPSA) is 30.2 Å². The Bertz CT molecular complexity index is 1190. The fourth-order valence-corrected chi connectivity index (χ4v) is 6.39. The van der Waals surface area contributed by atoms with Gasteiger partial charge in [-0.05, 0) is 67.6 Å². The van der Waals surface area contributed by atoms with Crippen LogP contribution in [0.4, 0.5) is 4.39 Å². The smallest absolute Gasteiger partial charge is 0.344 e. The van der Waals surface area contributed by atoms with E-state index >= 15 is 4.39 Å². The van der Waals surface area contributed by atoms with Gasteiger partial charge in [-0.25, -0.2) is 9.18 Å². The maximum Gasteiger partial charge on any atom is 0.344 e. The SMILES string of the molecule is CCCCCCCCC1CCC(c2ccc3c(c2)c(=O)oc2c(F)c(CCCCCCC)ccc23)CC1. The van der Waals surface area contributed by atoms with Gasteiger partial charge >= 0.3 is 5.63 Å². The molecule has 1 heterocycles. The van der Waals surface area contributed by atoms with Crippen molar-refractivity contribution in [3.8, 4) is 0 Å². The third-order valence-electron chi connectivity index (χ3n) is 8.76. The Hall–Kier alpha value is -2.16. The summed E-state index contributed by atoms with van der Waals surface area (Å²) in [4.78, 5) is 13.0. The van der Waals surface area contributed by atoms with E-state index in [2.05, 4.69) is 19.9 Å². The Morgan fingerprint density at radius 1 is 0.757 bits per heavy atom. The molecule has 0 saturated heterocycles. The summed E-state index contributed by atoms with van der Waals surface area (Å²) in [5.41, 5.74) is 1.59. The van der Waals surface area contributed by atoms with Crippen LogP contribution in [0.15, 0.2) is 39.5 Å². The number of hydrogen-bond donors (Lipinski definition) is 0. The first-order valence-electron chi connectivity index (χ1n) is 15.3. The Balaban J connectivity index is 1.40. The van der Waals surface area contributed by atoms with Crippen LogP contribution in [0.2, 0.25) is 0 Å². The maximum absolute atomic E-state index is 15.3. The molecule has 0 unspecified atom stereocenters. The molecule has 0 radical (unpaired) electrons.